The highest BCUT2D eigenvalue weighted by atomic mass is 16.5. The van der Waals surface area contributed by atoms with Crippen LogP contribution in [0.3, 0.4) is 0 Å². The van der Waals surface area contributed by atoms with Crippen molar-refractivity contribution in [2.45, 2.75) is 25.9 Å². The number of rotatable bonds is 10. The molecule has 2 aromatic carbocycles. The molecule has 6 nitrogen and oxygen atoms in total. The Labute approximate surface area is 187 Å². The van der Waals surface area contributed by atoms with E-state index in [0.717, 1.165) is 47.6 Å². The molecule has 2 heterocycles. The molecule has 0 aliphatic heterocycles. The number of benzene rings is 2. The van der Waals surface area contributed by atoms with E-state index in [9.17, 15) is 4.79 Å². The normalized spacial score (nSPS) is 10.8. The van der Waals surface area contributed by atoms with Gasteiger partial charge in [-0.3, -0.25) is 9.78 Å². The smallest absolute Gasteiger partial charge is 0.270 e. The van der Waals surface area contributed by atoms with Crippen LogP contribution in [-0.2, 0) is 19.5 Å². The van der Waals surface area contributed by atoms with Gasteiger partial charge in [0.15, 0.2) is 0 Å². The summed E-state index contributed by atoms with van der Waals surface area (Å²) in [5.74, 6) is 1.49. The summed E-state index contributed by atoms with van der Waals surface area (Å²) in [6.07, 6.45) is 5.08. The third-order valence-corrected chi connectivity index (χ3v) is 5.16. The van der Waals surface area contributed by atoms with Crippen molar-refractivity contribution in [2.75, 3.05) is 6.61 Å². The summed E-state index contributed by atoms with van der Waals surface area (Å²) in [6.45, 7) is 5.46. The highest BCUT2D eigenvalue weighted by molar-refractivity contribution is 5.92. The number of carbonyl (C=O) groups excluding carboxylic acids is 1. The molecule has 32 heavy (non-hydrogen) atoms. The van der Waals surface area contributed by atoms with Crippen LogP contribution in [-0.4, -0.2) is 27.0 Å². The van der Waals surface area contributed by atoms with Gasteiger partial charge in [0.05, 0.1) is 24.2 Å². The van der Waals surface area contributed by atoms with Crippen molar-refractivity contribution >= 4 is 16.9 Å². The largest absolute Gasteiger partial charge is 0.493 e. The second kappa shape index (κ2) is 10.4. The molecule has 0 bridgehead atoms. The molecule has 0 spiro atoms. The molecule has 6 heteroatoms. The van der Waals surface area contributed by atoms with Crippen molar-refractivity contribution < 1.29 is 9.53 Å². The minimum atomic E-state index is -0.216. The van der Waals surface area contributed by atoms with Crippen LogP contribution in [0.2, 0.25) is 0 Å². The maximum Gasteiger partial charge on any atom is 0.270 e. The van der Waals surface area contributed by atoms with Crippen LogP contribution in [0.4, 0.5) is 0 Å². The summed E-state index contributed by atoms with van der Waals surface area (Å²) in [5, 5.41) is 2.93. The molecule has 0 fully saturated rings. The Hall–Kier alpha value is -3.93. The van der Waals surface area contributed by atoms with Crippen LogP contribution in [0.5, 0.6) is 5.75 Å². The predicted molar refractivity (Wildman–Crippen MR) is 126 cm³/mol. The van der Waals surface area contributed by atoms with Crippen molar-refractivity contribution in [1.29, 1.82) is 0 Å². The summed E-state index contributed by atoms with van der Waals surface area (Å²) in [4.78, 5) is 21.2. The Balaban J connectivity index is 1.42. The lowest BCUT2D eigenvalue weighted by Gasteiger charge is -2.13. The van der Waals surface area contributed by atoms with E-state index in [0.29, 0.717) is 18.8 Å². The van der Waals surface area contributed by atoms with Crippen molar-refractivity contribution in [2.24, 2.45) is 0 Å². The Morgan fingerprint density at radius 1 is 1.06 bits per heavy atom. The number of hydrogen-bond donors (Lipinski definition) is 1. The summed E-state index contributed by atoms with van der Waals surface area (Å²) < 4.78 is 8.18. The van der Waals surface area contributed by atoms with E-state index in [1.807, 2.05) is 48.5 Å². The molecule has 0 saturated carbocycles. The molecule has 2 aromatic heterocycles. The number of fused-ring (bicyclic) bond motifs is 1. The fourth-order valence-corrected chi connectivity index (χ4v) is 3.63. The van der Waals surface area contributed by atoms with Gasteiger partial charge in [0.25, 0.3) is 5.91 Å². The van der Waals surface area contributed by atoms with Gasteiger partial charge in [-0.05, 0) is 48.7 Å². The van der Waals surface area contributed by atoms with E-state index in [4.69, 9.17) is 9.72 Å². The first-order chi connectivity index (χ1) is 15.8. The lowest BCUT2D eigenvalue weighted by Crippen LogP contribution is -2.25. The van der Waals surface area contributed by atoms with E-state index in [-0.39, 0.29) is 5.91 Å². The predicted octanol–water partition coefficient (Wildman–Crippen LogP) is 4.56. The first-order valence-electron chi connectivity index (χ1n) is 10.7. The number of amides is 1. The van der Waals surface area contributed by atoms with Crippen LogP contribution in [0, 0.1) is 0 Å². The molecule has 4 rings (SSSR count). The summed E-state index contributed by atoms with van der Waals surface area (Å²) in [5.41, 5.74) is 3.48. The fourth-order valence-electron chi connectivity index (χ4n) is 3.63. The molecule has 1 N–H and O–H groups in total. The number of aryl methyl sites for hydroxylation is 1. The van der Waals surface area contributed by atoms with E-state index in [1.165, 1.54) is 0 Å². The first-order valence-corrected chi connectivity index (χ1v) is 10.7. The highest BCUT2D eigenvalue weighted by Crippen LogP contribution is 2.20. The van der Waals surface area contributed by atoms with E-state index in [1.54, 1.807) is 24.4 Å². The van der Waals surface area contributed by atoms with Gasteiger partial charge in [0.2, 0.25) is 0 Å². The van der Waals surface area contributed by atoms with Crippen LogP contribution >= 0.6 is 0 Å². The van der Waals surface area contributed by atoms with Crippen LogP contribution in [0.1, 0.15) is 28.3 Å². The average molecular weight is 427 g/mol. The van der Waals surface area contributed by atoms with E-state index >= 15 is 0 Å². The van der Waals surface area contributed by atoms with Gasteiger partial charge in [-0.2, -0.15) is 0 Å². The zero-order chi connectivity index (χ0) is 22.2. The second-order valence-corrected chi connectivity index (χ2v) is 7.37. The van der Waals surface area contributed by atoms with Gasteiger partial charge >= 0.3 is 0 Å². The summed E-state index contributed by atoms with van der Waals surface area (Å²) >= 11 is 0. The number of pyridine rings is 1. The maximum atomic E-state index is 12.4. The molecule has 0 atom stereocenters. The molecule has 162 valence electrons. The molecule has 1 amide bonds. The van der Waals surface area contributed by atoms with Crippen molar-refractivity contribution in [3.05, 3.63) is 103 Å². The van der Waals surface area contributed by atoms with Crippen LogP contribution in [0.15, 0.2) is 85.6 Å². The molecular formula is C26H26N4O2. The molecule has 4 aromatic rings. The monoisotopic (exact) mass is 426 g/mol. The van der Waals surface area contributed by atoms with E-state index < -0.39 is 0 Å². The summed E-state index contributed by atoms with van der Waals surface area (Å²) in [7, 11) is 0. The number of allylic oxidation sites excluding steroid dienone is 1. The fraction of sp³-hybridized carbons (Fsp3) is 0.192. The van der Waals surface area contributed by atoms with Gasteiger partial charge in [-0.1, -0.05) is 42.5 Å². The van der Waals surface area contributed by atoms with Crippen molar-refractivity contribution in [3.63, 3.8) is 0 Å². The number of para-hydroxylation sites is 3. The number of ether oxygens (including phenoxy) is 1. The summed E-state index contributed by atoms with van der Waals surface area (Å²) in [6, 6.07) is 21.3. The van der Waals surface area contributed by atoms with Gasteiger partial charge in [0, 0.05) is 12.7 Å². The SMILES string of the molecule is C=CCc1ccccc1OCCCn1c(CNC(=O)c2ccccn2)nc2ccccc21. The number of carbonyl (C=O) groups is 1. The molecule has 0 radical (unpaired) electrons. The van der Waals surface area contributed by atoms with Gasteiger partial charge < -0.3 is 14.6 Å². The standard InChI is InChI=1S/C26H26N4O2/c1-2-10-20-11-3-6-15-24(20)32-18-9-17-30-23-14-5-4-12-21(23)29-25(30)19-28-26(31)22-13-7-8-16-27-22/h2-8,11-16H,1,9-10,17-19H2,(H,28,31). The number of imidazole rings is 1. The second-order valence-electron chi connectivity index (χ2n) is 7.37. The number of nitrogens with zero attached hydrogens (tertiary/aromatic N) is 3. The van der Waals surface area contributed by atoms with Crippen molar-refractivity contribution in [1.82, 2.24) is 19.9 Å². The lowest BCUT2D eigenvalue weighted by atomic mass is 10.1. The van der Waals surface area contributed by atoms with Gasteiger partial charge in [0.1, 0.15) is 17.3 Å². The van der Waals surface area contributed by atoms with Gasteiger partial charge in [-0.15, -0.1) is 6.58 Å². The molecule has 0 unspecified atom stereocenters. The maximum absolute atomic E-state index is 12.4. The van der Waals surface area contributed by atoms with Gasteiger partial charge in [-0.25, -0.2) is 4.98 Å². The number of aromatic nitrogens is 3. The third kappa shape index (κ3) is 5.03. The van der Waals surface area contributed by atoms with E-state index in [2.05, 4.69) is 27.5 Å². The Morgan fingerprint density at radius 3 is 2.72 bits per heavy atom. The molecule has 0 aliphatic carbocycles. The third-order valence-electron chi connectivity index (χ3n) is 5.16. The highest BCUT2D eigenvalue weighted by Gasteiger charge is 2.13. The molecule has 0 saturated heterocycles. The average Bonchev–Trinajstić information content (AvgIpc) is 3.19. The molecular weight excluding hydrogens is 400 g/mol. The van der Waals surface area contributed by atoms with Crippen molar-refractivity contribution in [3.8, 4) is 5.75 Å². The quantitative estimate of drug-likeness (QED) is 0.298. The zero-order valence-corrected chi connectivity index (χ0v) is 17.9. The Bertz CT molecular complexity index is 1200. The topological polar surface area (TPSA) is 69.0 Å². The first kappa shape index (κ1) is 21.3. The number of nitrogens with one attached hydrogen (secondary N) is 1. The van der Waals surface area contributed by atoms with Crippen LogP contribution in [0.25, 0.3) is 11.0 Å². The Morgan fingerprint density at radius 2 is 1.88 bits per heavy atom. The zero-order valence-electron chi connectivity index (χ0n) is 17.9. The minimum absolute atomic E-state index is 0.216. The minimum Gasteiger partial charge on any atom is -0.493 e. The van der Waals surface area contributed by atoms with Crippen LogP contribution < -0.4 is 10.1 Å². The number of hydrogen-bond acceptors (Lipinski definition) is 4. The Kier molecular flexibility index (Phi) is 6.92. The lowest BCUT2D eigenvalue weighted by molar-refractivity contribution is 0.0944. The molecule has 0 aliphatic rings.